The molecule has 0 N–H and O–H groups in total. The van der Waals surface area contributed by atoms with Crippen LogP contribution in [0.4, 0.5) is 0 Å². The van der Waals surface area contributed by atoms with Crippen molar-refractivity contribution >= 4 is 6.29 Å². The van der Waals surface area contributed by atoms with E-state index in [9.17, 15) is 4.79 Å². The van der Waals surface area contributed by atoms with E-state index in [0.717, 1.165) is 38.3 Å². The van der Waals surface area contributed by atoms with Gasteiger partial charge >= 0.3 is 0 Å². The average molecular weight is 196 g/mol. The first kappa shape index (κ1) is 10.1. The number of hydrogen-bond donors (Lipinski definition) is 0. The summed E-state index contributed by atoms with van der Waals surface area (Å²) >= 11 is 0. The molecule has 2 aliphatic rings. The van der Waals surface area contributed by atoms with Gasteiger partial charge in [-0.05, 0) is 31.6 Å². The molecule has 0 spiro atoms. The lowest BCUT2D eigenvalue weighted by Gasteiger charge is -2.38. The smallest absolute Gasteiger partial charge is 0.138 e. The van der Waals surface area contributed by atoms with Crippen molar-refractivity contribution in [1.29, 1.82) is 0 Å². The lowest BCUT2D eigenvalue weighted by molar-refractivity contribution is -0.120. The van der Waals surface area contributed by atoms with E-state index >= 15 is 0 Å². The zero-order valence-electron chi connectivity index (χ0n) is 8.98. The standard InChI is InChI=1S/C11H20N2O/c1-10-4-7-12(8-5-10)13-6-2-3-11(13)9-14/h9-11H,2-8H2,1H3/t11-/m0/s1. The summed E-state index contributed by atoms with van der Waals surface area (Å²) in [5, 5.41) is 4.69. The number of rotatable bonds is 2. The Kier molecular flexibility index (Phi) is 3.19. The summed E-state index contributed by atoms with van der Waals surface area (Å²) in [5.41, 5.74) is 0. The van der Waals surface area contributed by atoms with E-state index < -0.39 is 0 Å². The van der Waals surface area contributed by atoms with Crippen LogP contribution in [0.25, 0.3) is 0 Å². The Morgan fingerprint density at radius 2 is 1.86 bits per heavy atom. The average Bonchev–Trinajstić information content (AvgIpc) is 2.67. The Morgan fingerprint density at radius 1 is 1.14 bits per heavy atom. The first-order valence-electron chi connectivity index (χ1n) is 5.78. The molecule has 2 fully saturated rings. The van der Waals surface area contributed by atoms with E-state index in [1.165, 1.54) is 19.3 Å². The highest BCUT2D eigenvalue weighted by Crippen LogP contribution is 2.23. The highest BCUT2D eigenvalue weighted by atomic mass is 16.1. The van der Waals surface area contributed by atoms with Crippen molar-refractivity contribution in [3.05, 3.63) is 0 Å². The van der Waals surface area contributed by atoms with Crippen molar-refractivity contribution < 1.29 is 4.79 Å². The Hall–Kier alpha value is -0.410. The van der Waals surface area contributed by atoms with Crippen LogP contribution in [0.2, 0.25) is 0 Å². The second-order valence-electron chi connectivity index (χ2n) is 4.64. The van der Waals surface area contributed by atoms with Gasteiger partial charge in [0.05, 0.1) is 6.04 Å². The molecule has 80 valence electrons. The molecule has 2 saturated heterocycles. The quantitative estimate of drug-likeness (QED) is 0.622. The minimum Gasteiger partial charge on any atom is -0.302 e. The molecule has 0 aromatic carbocycles. The molecule has 3 nitrogen and oxygen atoms in total. The van der Waals surface area contributed by atoms with Crippen LogP contribution in [0.15, 0.2) is 0 Å². The van der Waals surface area contributed by atoms with Gasteiger partial charge in [0.2, 0.25) is 0 Å². The van der Waals surface area contributed by atoms with E-state index in [0.29, 0.717) is 0 Å². The largest absolute Gasteiger partial charge is 0.302 e. The van der Waals surface area contributed by atoms with Crippen molar-refractivity contribution in [2.75, 3.05) is 19.6 Å². The molecule has 2 aliphatic heterocycles. The SMILES string of the molecule is CC1CCN(N2CCC[C@H]2C=O)CC1. The van der Waals surface area contributed by atoms with Crippen LogP contribution in [0.1, 0.15) is 32.6 Å². The Labute approximate surface area is 86.0 Å². The van der Waals surface area contributed by atoms with E-state index in [1.807, 2.05) is 0 Å². The molecule has 1 atom stereocenters. The first-order chi connectivity index (χ1) is 6.81. The van der Waals surface area contributed by atoms with Gasteiger partial charge in [-0.2, -0.15) is 0 Å². The van der Waals surface area contributed by atoms with Gasteiger partial charge in [-0.25, -0.2) is 10.0 Å². The minimum absolute atomic E-state index is 0.170. The summed E-state index contributed by atoms with van der Waals surface area (Å²) in [7, 11) is 0. The third-order valence-electron chi connectivity index (χ3n) is 3.55. The molecular formula is C11H20N2O. The predicted molar refractivity (Wildman–Crippen MR) is 55.8 cm³/mol. The first-order valence-corrected chi connectivity index (χ1v) is 5.78. The summed E-state index contributed by atoms with van der Waals surface area (Å²) < 4.78 is 0. The molecule has 0 saturated carbocycles. The lowest BCUT2D eigenvalue weighted by atomic mass is 10.0. The topological polar surface area (TPSA) is 23.6 Å². The maximum absolute atomic E-state index is 10.9. The number of hydrogen-bond acceptors (Lipinski definition) is 3. The molecule has 0 bridgehead atoms. The predicted octanol–water partition coefficient (Wildman–Crippen LogP) is 1.30. The number of nitrogens with zero attached hydrogens (tertiary/aromatic N) is 2. The Bertz CT molecular complexity index is 199. The molecule has 0 amide bonds. The normalized spacial score (nSPS) is 32.2. The fourth-order valence-electron chi connectivity index (χ4n) is 2.52. The van der Waals surface area contributed by atoms with Crippen molar-refractivity contribution in [2.24, 2.45) is 5.92 Å². The molecule has 0 radical (unpaired) electrons. The monoisotopic (exact) mass is 196 g/mol. The summed E-state index contributed by atoms with van der Waals surface area (Å²) in [4.78, 5) is 10.9. The van der Waals surface area contributed by atoms with E-state index in [2.05, 4.69) is 16.9 Å². The number of carbonyl (C=O) groups excluding carboxylic acids is 1. The van der Waals surface area contributed by atoms with Gasteiger partial charge in [-0.3, -0.25) is 0 Å². The van der Waals surface area contributed by atoms with Crippen LogP contribution in [0, 0.1) is 5.92 Å². The highest BCUT2D eigenvalue weighted by molar-refractivity contribution is 5.57. The number of aldehydes is 1. The van der Waals surface area contributed by atoms with Crippen LogP contribution in [0.5, 0.6) is 0 Å². The van der Waals surface area contributed by atoms with Crippen LogP contribution in [-0.4, -0.2) is 42.0 Å². The van der Waals surface area contributed by atoms with Crippen molar-refractivity contribution in [1.82, 2.24) is 10.0 Å². The second kappa shape index (κ2) is 4.41. The van der Waals surface area contributed by atoms with Crippen LogP contribution in [0.3, 0.4) is 0 Å². The molecule has 14 heavy (non-hydrogen) atoms. The minimum atomic E-state index is 0.170. The molecule has 2 heterocycles. The molecule has 3 heteroatoms. The van der Waals surface area contributed by atoms with Crippen LogP contribution >= 0.6 is 0 Å². The Morgan fingerprint density at radius 3 is 2.50 bits per heavy atom. The van der Waals surface area contributed by atoms with Gasteiger partial charge in [0.15, 0.2) is 0 Å². The zero-order chi connectivity index (χ0) is 9.97. The Balaban J connectivity index is 1.91. The highest BCUT2D eigenvalue weighted by Gasteiger charge is 2.30. The second-order valence-corrected chi connectivity index (χ2v) is 4.64. The van der Waals surface area contributed by atoms with Crippen molar-refractivity contribution in [3.63, 3.8) is 0 Å². The maximum Gasteiger partial charge on any atom is 0.138 e. The summed E-state index contributed by atoms with van der Waals surface area (Å²) in [5.74, 6) is 0.864. The van der Waals surface area contributed by atoms with Crippen LogP contribution < -0.4 is 0 Å². The lowest BCUT2D eigenvalue weighted by Crippen LogP contribution is -2.49. The van der Waals surface area contributed by atoms with Crippen molar-refractivity contribution in [3.8, 4) is 0 Å². The third-order valence-corrected chi connectivity index (χ3v) is 3.55. The number of hydrazine groups is 1. The van der Waals surface area contributed by atoms with Gasteiger partial charge in [0.25, 0.3) is 0 Å². The maximum atomic E-state index is 10.9. The summed E-state index contributed by atoms with van der Waals surface area (Å²) in [6.45, 7) is 5.69. The molecule has 0 aromatic rings. The van der Waals surface area contributed by atoms with Crippen LogP contribution in [-0.2, 0) is 4.79 Å². The fourth-order valence-corrected chi connectivity index (χ4v) is 2.52. The van der Waals surface area contributed by atoms with E-state index in [4.69, 9.17) is 0 Å². The number of carbonyl (C=O) groups is 1. The summed E-state index contributed by atoms with van der Waals surface area (Å²) in [6.07, 6.45) is 5.90. The van der Waals surface area contributed by atoms with Gasteiger partial charge < -0.3 is 4.79 Å². The number of piperidine rings is 1. The molecule has 0 aliphatic carbocycles. The van der Waals surface area contributed by atoms with Gasteiger partial charge in [-0.1, -0.05) is 6.92 Å². The fraction of sp³-hybridized carbons (Fsp3) is 0.909. The van der Waals surface area contributed by atoms with Gasteiger partial charge in [-0.15, -0.1) is 0 Å². The van der Waals surface area contributed by atoms with Crippen molar-refractivity contribution in [2.45, 2.75) is 38.6 Å². The zero-order valence-corrected chi connectivity index (χ0v) is 8.98. The molecule has 2 rings (SSSR count). The molecule has 0 aromatic heterocycles. The van der Waals surface area contributed by atoms with Gasteiger partial charge in [0, 0.05) is 19.6 Å². The van der Waals surface area contributed by atoms with E-state index in [-0.39, 0.29) is 6.04 Å². The van der Waals surface area contributed by atoms with E-state index in [1.54, 1.807) is 0 Å². The third kappa shape index (κ3) is 1.98. The molecule has 0 unspecified atom stereocenters. The van der Waals surface area contributed by atoms with Gasteiger partial charge in [0.1, 0.15) is 6.29 Å². The summed E-state index contributed by atoms with van der Waals surface area (Å²) in [6, 6.07) is 0.170. The molecular weight excluding hydrogens is 176 g/mol.